The average molecular weight is 595 g/mol. The summed E-state index contributed by atoms with van der Waals surface area (Å²) in [6.45, 7) is 0. The van der Waals surface area contributed by atoms with Crippen molar-refractivity contribution in [3.8, 4) is 27.9 Å². The number of benzene rings is 6. The monoisotopic (exact) mass is 594 g/mol. The van der Waals surface area contributed by atoms with Crippen LogP contribution in [0.15, 0.2) is 161 Å². The predicted molar refractivity (Wildman–Crippen MR) is 190 cm³/mol. The van der Waals surface area contributed by atoms with Crippen molar-refractivity contribution in [3.05, 3.63) is 163 Å². The molecule has 1 aliphatic carbocycles. The maximum absolute atomic E-state index is 2.54. The molecule has 0 amide bonds. The topological polar surface area (TPSA) is 8.17 Å². The van der Waals surface area contributed by atoms with Crippen LogP contribution in [0.3, 0.4) is 0 Å². The van der Waals surface area contributed by atoms with Gasteiger partial charge < -0.3 is 9.47 Å². The van der Waals surface area contributed by atoms with Crippen LogP contribution in [0.1, 0.15) is 17.7 Å². The van der Waals surface area contributed by atoms with Gasteiger partial charge in [0.2, 0.25) is 0 Å². The lowest BCUT2D eigenvalue weighted by Gasteiger charge is -2.34. The Bertz CT molecular complexity index is 2170. The summed E-state index contributed by atoms with van der Waals surface area (Å²) in [4.78, 5) is 5.02. The van der Waals surface area contributed by atoms with Gasteiger partial charge in [-0.05, 0) is 95.3 Å². The molecular weight excluding hydrogens is 565 g/mol. The van der Waals surface area contributed by atoms with E-state index >= 15 is 0 Å². The zero-order valence-corrected chi connectivity index (χ0v) is 25.5. The zero-order chi connectivity index (χ0) is 29.7. The highest BCUT2D eigenvalue weighted by Gasteiger charge is 2.31. The van der Waals surface area contributed by atoms with Gasteiger partial charge in [-0.3, -0.25) is 0 Å². The lowest BCUT2D eigenvalue weighted by molar-refractivity contribution is 0.967. The summed E-state index contributed by atoms with van der Waals surface area (Å²) in [5.74, 6) is 0. The van der Waals surface area contributed by atoms with Crippen molar-refractivity contribution < 1.29 is 0 Å². The van der Waals surface area contributed by atoms with Gasteiger partial charge in [0.05, 0.1) is 16.9 Å². The van der Waals surface area contributed by atoms with E-state index in [1.54, 1.807) is 0 Å². The third-order valence-corrected chi connectivity index (χ3v) is 10.1. The third kappa shape index (κ3) is 4.34. The second kappa shape index (κ2) is 10.7. The summed E-state index contributed by atoms with van der Waals surface area (Å²) in [5, 5.41) is 1.33. The lowest BCUT2D eigenvalue weighted by atomic mass is 9.97. The molecule has 0 spiro atoms. The van der Waals surface area contributed by atoms with E-state index in [0.717, 1.165) is 12.8 Å². The largest absolute Gasteiger partial charge is 0.307 e. The molecule has 1 aliphatic heterocycles. The number of hydrogen-bond donors (Lipinski definition) is 0. The molecule has 3 heteroatoms. The average Bonchev–Trinajstić information content (AvgIpc) is 3.46. The van der Waals surface area contributed by atoms with Crippen LogP contribution in [0.2, 0.25) is 0 Å². The van der Waals surface area contributed by atoms with E-state index in [1.807, 2.05) is 11.8 Å². The Hall–Kier alpha value is -5.25. The van der Waals surface area contributed by atoms with Gasteiger partial charge in [0, 0.05) is 32.2 Å². The molecule has 1 aromatic heterocycles. The first kappa shape index (κ1) is 26.2. The van der Waals surface area contributed by atoms with Crippen LogP contribution in [0.25, 0.3) is 44.9 Å². The summed E-state index contributed by atoms with van der Waals surface area (Å²) in [6.07, 6.45) is 6.78. The van der Waals surface area contributed by atoms with Crippen LogP contribution >= 0.6 is 11.8 Å². The number of fused-ring (bicyclic) bond motifs is 6. The standard InChI is InChI=1S/C42H30N2S/c1-4-14-29(15-5-1)31-26-32(30-16-6-2-7-17-30)28-34(27-31)44-37-21-11-10-20-35(37)36-24-25-40-42(41(36)44)43(33-18-8-3-9-19-33)38-22-12-13-23-39(38)45-40/h1-9,11-19,21-28H,10,20H2. The maximum Gasteiger partial charge on any atom is 0.0850 e. The molecule has 0 saturated carbocycles. The van der Waals surface area contributed by atoms with Gasteiger partial charge >= 0.3 is 0 Å². The van der Waals surface area contributed by atoms with Crippen LogP contribution in [-0.4, -0.2) is 4.57 Å². The number of rotatable bonds is 4. The number of nitrogens with zero attached hydrogens (tertiary/aromatic N) is 2. The van der Waals surface area contributed by atoms with E-state index in [1.165, 1.54) is 77.0 Å². The van der Waals surface area contributed by atoms with Crippen molar-refractivity contribution in [2.75, 3.05) is 4.90 Å². The fraction of sp³-hybridized carbons (Fsp3) is 0.0476. The van der Waals surface area contributed by atoms with E-state index < -0.39 is 0 Å². The van der Waals surface area contributed by atoms with Crippen LogP contribution < -0.4 is 4.90 Å². The van der Waals surface area contributed by atoms with Crippen molar-refractivity contribution in [1.82, 2.24) is 4.57 Å². The molecule has 2 heterocycles. The normalized spacial score (nSPS) is 13.4. The molecule has 45 heavy (non-hydrogen) atoms. The van der Waals surface area contributed by atoms with Crippen molar-refractivity contribution in [2.45, 2.75) is 22.6 Å². The third-order valence-electron chi connectivity index (χ3n) is 9.00. The van der Waals surface area contributed by atoms with Crippen LogP contribution in [0.4, 0.5) is 17.1 Å². The Morgan fingerprint density at radius 2 is 1.18 bits per heavy atom. The molecule has 214 valence electrons. The van der Waals surface area contributed by atoms with Crippen LogP contribution in [-0.2, 0) is 6.42 Å². The summed E-state index contributed by atoms with van der Waals surface area (Å²) >= 11 is 1.87. The molecule has 0 N–H and O–H groups in total. The fourth-order valence-electron chi connectivity index (χ4n) is 7.00. The van der Waals surface area contributed by atoms with Crippen LogP contribution in [0.5, 0.6) is 0 Å². The molecule has 0 saturated heterocycles. The summed E-state index contributed by atoms with van der Waals surface area (Å²) in [6, 6.07) is 53.0. The number of para-hydroxylation sites is 2. The minimum Gasteiger partial charge on any atom is -0.307 e. The molecule has 0 radical (unpaired) electrons. The number of hydrogen-bond acceptors (Lipinski definition) is 2. The lowest BCUT2D eigenvalue weighted by Crippen LogP contribution is -2.16. The molecule has 6 aromatic carbocycles. The smallest absolute Gasteiger partial charge is 0.0850 e. The zero-order valence-electron chi connectivity index (χ0n) is 24.7. The van der Waals surface area contributed by atoms with Gasteiger partial charge in [-0.15, -0.1) is 0 Å². The molecule has 0 unspecified atom stereocenters. The van der Waals surface area contributed by atoms with Gasteiger partial charge in [0.1, 0.15) is 0 Å². The first-order chi connectivity index (χ1) is 22.3. The Morgan fingerprint density at radius 1 is 0.533 bits per heavy atom. The van der Waals surface area contributed by atoms with Crippen molar-refractivity contribution >= 4 is 45.8 Å². The minimum absolute atomic E-state index is 1.03. The highest BCUT2D eigenvalue weighted by atomic mass is 32.2. The summed E-state index contributed by atoms with van der Waals surface area (Å²) in [7, 11) is 0. The van der Waals surface area contributed by atoms with Gasteiger partial charge in [-0.1, -0.05) is 115 Å². The molecule has 9 rings (SSSR count). The Kier molecular flexibility index (Phi) is 6.24. The minimum atomic E-state index is 1.03. The van der Waals surface area contributed by atoms with E-state index in [0.29, 0.717) is 0 Å². The predicted octanol–water partition coefficient (Wildman–Crippen LogP) is 11.9. The molecule has 0 atom stereocenters. The van der Waals surface area contributed by atoms with E-state index in [-0.39, 0.29) is 0 Å². The van der Waals surface area contributed by atoms with Gasteiger partial charge in [-0.25, -0.2) is 0 Å². The number of allylic oxidation sites excluding steroid dienone is 1. The van der Waals surface area contributed by atoms with Gasteiger partial charge in [0.15, 0.2) is 0 Å². The number of anilines is 3. The van der Waals surface area contributed by atoms with Gasteiger partial charge in [0.25, 0.3) is 0 Å². The van der Waals surface area contributed by atoms with Gasteiger partial charge in [-0.2, -0.15) is 0 Å². The summed E-state index contributed by atoms with van der Waals surface area (Å²) in [5.41, 5.74) is 13.7. The second-order valence-electron chi connectivity index (χ2n) is 11.7. The molecule has 0 bridgehead atoms. The molecule has 2 aliphatic rings. The Labute approximate surface area is 267 Å². The first-order valence-electron chi connectivity index (χ1n) is 15.6. The second-order valence-corrected chi connectivity index (χ2v) is 12.8. The number of aryl methyl sites for hydroxylation is 1. The summed E-state index contributed by atoms with van der Waals surface area (Å²) < 4.78 is 2.54. The SMILES string of the molecule is C1=Cc2c(c3ccc4c(c3n2-c2cc(-c3ccccc3)cc(-c3ccccc3)c2)N(c2ccccc2)c2ccccc2S4)CC1. The number of aromatic nitrogens is 1. The molecule has 7 aromatic rings. The molecule has 2 nitrogen and oxygen atoms in total. The van der Waals surface area contributed by atoms with E-state index in [2.05, 4.69) is 167 Å². The van der Waals surface area contributed by atoms with Crippen molar-refractivity contribution in [3.63, 3.8) is 0 Å². The highest BCUT2D eigenvalue weighted by Crippen LogP contribution is 2.55. The van der Waals surface area contributed by atoms with E-state index in [9.17, 15) is 0 Å². The van der Waals surface area contributed by atoms with Crippen molar-refractivity contribution in [2.24, 2.45) is 0 Å². The fourth-order valence-corrected chi connectivity index (χ4v) is 8.07. The van der Waals surface area contributed by atoms with Crippen LogP contribution in [0, 0.1) is 0 Å². The first-order valence-corrected chi connectivity index (χ1v) is 16.4. The Balaban J connectivity index is 1.39. The highest BCUT2D eigenvalue weighted by molar-refractivity contribution is 7.99. The quantitative estimate of drug-likeness (QED) is 0.200. The van der Waals surface area contributed by atoms with E-state index in [4.69, 9.17) is 0 Å². The Morgan fingerprint density at radius 3 is 1.89 bits per heavy atom. The molecular formula is C42H30N2S. The molecule has 0 fully saturated rings. The van der Waals surface area contributed by atoms with Crippen molar-refractivity contribution in [1.29, 1.82) is 0 Å². The maximum atomic E-state index is 2.54.